The summed E-state index contributed by atoms with van der Waals surface area (Å²) in [7, 11) is 0. The first-order valence-electron chi connectivity index (χ1n) is 6.68. The summed E-state index contributed by atoms with van der Waals surface area (Å²) in [5, 5.41) is 2.06. The van der Waals surface area contributed by atoms with Crippen LogP contribution in [0.5, 0.6) is 0 Å². The number of carbonyl (C=O) groups is 3. The standard InChI is InChI=1S/C14H15BrN2O3S/c1-8-13(19)16-12(18)4-5-21(8)17-7-9-6-10(15)2-3-11(9)14(17)20/h2-3,6,8,21H,4-5,7H2,1H3,(H,16,18,19). The maximum Gasteiger partial charge on any atom is 0.262 e. The van der Waals surface area contributed by atoms with E-state index in [2.05, 4.69) is 21.2 Å². The Balaban J connectivity index is 1.89. The fourth-order valence-electron chi connectivity index (χ4n) is 2.66. The van der Waals surface area contributed by atoms with Crippen LogP contribution in [0.2, 0.25) is 0 Å². The number of rotatable bonds is 1. The lowest BCUT2D eigenvalue weighted by Crippen LogP contribution is -2.37. The van der Waals surface area contributed by atoms with Crippen molar-refractivity contribution in [3.05, 3.63) is 33.8 Å². The summed E-state index contributed by atoms with van der Waals surface area (Å²) in [5.41, 5.74) is 1.67. The van der Waals surface area contributed by atoms with Crippen LogP contribution in [-0.2, 0) is 16.1 Å². The van der Waals surface area contributed by atoms with Crippen molar-refractivity contribution in [3.63, 3.8) is 0 Å². The van der Waals surface area contributed by atoms with Crippen molar-refractivity contribution in [2.24, 2.45) is 0 Å². The number of halogens is 1. The number of thiol groups is 1. The molecule has 3 rings (SSSR count). The number of hydrogen-bond acceptors (Lipinski definition) is 3. The monoisotopic (exact) mass is 370 g/mol. The molecule has 1 aromatic rings. The fourth-order valence-corrected chi connectivity index (χ4v) is 5.56. The Kier molecular flexibility index (Phi) is 3.79. The topological polar surface area (TPSA) is 66.5 Å². The summed E-state index contributed by atoms with van der Waals surface area (Å²) < 4.78 is 2.72. The van der Waals surface area contributed by atoms with E-state index in [4.69, 9.17) is 0 Å². The Morgan fingerprint density at radius 2 is 2.10 bits per heavy atom. The van der Waals surface area contributed by atoms with Gasteiger partial charge in [-0.05, 0) is 30.7 Å². The van der Waals surface area contributed by atoms with E-state index in [1.54, 1.807) is 11.2 Å². The van der Waals surface area contributed by atoms with Gasteiger partial charge in [-0.15, -0.1) is 0 Å². The molecule has 0 aromatic heterocycles. The molecule has 21 heavy (non-hydrogen) atoms. The van der Waals surface area contributed by atoms with Crippen LogP contribution >= 0.6 is 27.0 Å². The lowest BCUT2D eigenvalue weighted by molar-refractivity contribution is -0.129. The molecular formula is C14H15BrN2O3S. The molecule has 2 unspecified atom stereocenters. The molecule has 1 N–H and O–H groups in total. The molecule has 1 saturated heterocycles. The SMILES string of the molecule is CC1C(=O)NC(=O)CC[SH]1N1Cc2cc(Br)ccc2C1=O. The van der Waals surface area contributed by atoms with Gasteiger partial charge in [0.05, 0.1) is 11.8 Å². The van der Waals surface area contributed by atoms with E-state index < -0.39 is 11.1 Å². The number of hydrogen-bond donors (Lipinski definition) is 2. The van der Waals surface area contributed by atoms with Gasteiger partial charge in [-0.3, -0.25) is 24.0 Å². The number of nitrogens with zero attached hydrogens (tertiary/aromatic N) is 1. The van der Waals surface area contributed by atoms with E-state index in [0.29, 0.717) is 24.3 Å². The summed E-state index contributed by atoms with van der Waals surface area (Å²) in [4.78, 5) is 36.0. The van der Waals surface area contributed by atoms with Crippen molar-refractivity contribution < 1.29 is 14.4 Å². The molecule has 0 bridgehead atoms. The fraction of sp³-hybridized carbons (Fsp3) is 0.357. The first kappa shape index (κ1) is 14.6. The number of imide groups is 1. The average Bonchev–Trinajstić information content (AvgIpc) is 2.68. The Hall–Kier alpha value is -1.34. The normalized spacial score (nSPS) is 27.3. The average molecular weight is 371 g/mol. The zero-order valence-electron chi connectivity index (χ0n) is 11.4. The molecule has 112 valence electrons. The first-order valence-corrected chi connectivity index (χ1v) is 9.02. The number of benzene rings is 1. The molecule has 1 fully saturated rings. The Bertz CT molecular complexity index is 649. The van der Waals surface area contributed by atoms with Crippen molar-refractivity contribution in [2.45, 2.75) is 25.1 Å². The molecular weight excluding hydrogens is 356 g/mol. The highest BCUT2D eigenvalue weighted by Crippen LogP contribution is 2.43. The quantitative estimate of drug-likeness (QED) is 0.584. The predicted molar refractivity (Wildman–Crippen MR) is 85.1 cm³/mol. The third kappa shape index (κ3) is 2.60. The van der Waals surface area contributed by atoms with Gasteiger partial charge in [0.1, 0.15) is 0 Å². The smallest absolute Gasteiger partial charge is 0.262 e. The number of fused-ring (bicyclic) bond motifs is 1. The van der Waals surface area contributed by atoms with Gasteiger partial charge in [-0.1, -0.05) is 15.9 Å². The minimum Gasteiger partial charge on any atom is -0.298 e. The molecule has 2 aliphatic heterocycles. The summed E-state index contributed by atoms with van der Waals surface area (Å²) >= 11 is 2.42. The molecule has 5 nitrogen and oxygen atoms in total. The Morgan fingerprint density at radius 3 is 2.86 bits per heavy atom. The molecule has 0 spiro atoms. The van der Waals surface area contributed by atoms with Gasteiger partial charge in [0.2, 0.25) is 11.8 Å². The number of nitrogens with one attached hydrogen (secondary N) is 1. The van der Waals surface area contributed by atoms with Crippen LogP contribution in [0.25, 0.3) is 0 Å². The molecule has 3 amide bonds. The third-order valence-corrected chi connectivity index (χ3v) is 7.07. The van der Waals surface area contributed by atoms with Gasteiger partial charge in [-0.25, -0.2) is 0 Å². The molecule has 7 heteroatoms. The molecule has 2 aliphatic rings. The van der Waals surface area contributed by atoms with Crippen molar-refractivity contribution in [2.75, 3.05) is 5.75 Å². The summed E-state index contributed by atoms with van der Waals surface area (Å²) in [6.07, 6.45) is 0.297. The number of amides is 3. The van der Waals surface area contributed by atoms with Crippen LogP contribution < -0.4 is 5.32 Å². The lowest BCUT2D eigenvalue weighted by atomic mass is 10.1. The minimum atomic E-state index is -0.986. The van der Waals surface area contributed by atoms with Gasteiger partial charge in [0, 0.05) is 22.2 Å². The van der Waals surface area contributed by atoms with Gasteiger partial charge < -0.3 is 0 Å². The maximum absolute atomic E-state index is 12.6. The van der Waals surface area contributed by atoms with Crippen LogP contribution in [0.1, 0.15) is 29.3 Å². The van der Waals surface area contributed by atoms with Gasteiger partial charge in [-0.2, -0.15) is 11.1 Å². The first-order chi connectivity index (χ1) is 9.97. The van der Waals surface area contributed by atoms with Crippen LogP contribution in [0.4, 0.5) is 0 Å². The third-order valence-electron chi connectivity index (χ3n) is 3.82. The van der Waals surface area contributed by atoms with Gasteiger partial charge in [0.15, 0.2) is 0 Å². The second kappa shape index (κ2) is 5.46. The second-order valence-corrected chi connectivity index (χ2v) is 8.67. The van der Waals surface area contributed by atoms with Crippen molar-refractivity contribution >= 4 is 44.7 Å². The van der Waals surface area contributed by atoms with Crippen molar-refractivity contribution in [1.82, 2.24) is 9.62 Å². The second-order valence-electron chi connectivity index (χ2n) is 5.17. The van der Waals surface area contributed by atoms with Crippen molar-refractivity contribution in [3.8, 4) is 0 Å². The summed E-state index contributed by atoms with van der Waals surface area (Å²) in [6, 6.07) is 5.60. The zero-order chi connectivity index (χ0) is 15.1. The zero-order valence-corrected chi connectivity index (χ0v) is 13.9. The van der Waals surface area contributed by atoms with E-state index in [9.17, 15) is 14.4 Å². The van der Waals surface area contributed by atoms with Gasteiger partial charge >= 0.3 is 0 Å². The van der Waals surface area contributed by atoms with E-state index in [-0.39, 0.29) is 23.0 Å². The van der Waals surface area contributed by atoms with Crippen LogP contribution in [0, 0.1) is 0 Å². The molecule has 0 aliphatic carbocycles. The minimum absolute atomic E-state index is 0.0300. The molecule has 0 saturated carbocycles. The molecule has 1 aromatic carbocycles. The largest absolute Gasteiger partial charge is 0.298 e. The molecule has 0 radical (unpaired) electrons. The van der Waals surface area contributed by atoms with E-state index >= 15 is 0 Å². The van der Waals surface area contributed by atoms with E-state index in [1.807, 2.05) is 18.2 Å². The Labute approximate surface area is 133 Å². The highest BCUT2D eigenvalue weighted by Gasteiger charge is 2.37. The summed E-state index contributed by atoms with van der Waals surface area (Å²) in [5.74, 6) is 0.0320. The molecule has 2 atom stereocenters. The van der Waals surface area contributed by atoms with Crippen LogP contribution in [0.3, 0.4) is 0 Å². The maximum atomic E-state index is 12.6. The number of carbonyl (C=O) groups excluding carboxylic acids is 3. The van der Waals surface area contributed by atoms with E-state index in [1.165, 1.54) is 0 Å². The van der Waals surface area contributed by atoms with Crippen LogP contribution in [-0.4, -0.2) is 33.0 Å². The lowest BCUT2D eigenvalue weighted by Gasteiger charge is -2.33. The van der Waals surface area contributed by atoms with Gasteiger partial charge in [0.25, 0.3) is 5.91 Å². The molecule has 2 heterocycles. The summed E-state index contributed by atoms with van der Waals surface area (Å²) in [6.45, 7) is 2.32. The van der Waals surface area contributed by atoms with Crippen LogP contribution in [0.15, 0.2) is 22.7 Å². The predicted octanol–water partition coefficient (Wildman–Crippen LogP) is 1.76. The van der Waals surface area contributed by atoms with E-state index in [0.717, 1.165) is 10.0 Å². The highest BCUT2D eigenvalue weighted by atomic mass is 79.9. The Morgan fingerprint density at radius 1 is 1.33 bits per heavy atom. The highest BCUT2D eigenvalue weighted by molar-refractivity contribution is 9.10. The van der Waals surface area contributed by atoms with Crippen molar-refractivity contribution in [1.29, 1.82) is 0 Å².